The molecule has 1 aliphatic heterocycles. The van der Waals surface area contributed by atoms with Crippen LogP contribution in [0.2, 0.25) is 0 Å². The number of rotatable bonds is 3. The third-order valence-corrected chi connectivity index (χ3v) is 3.01. The van der Waals surface area contributed by atoms with E-state index in [0.29, 0.717) is 24.8 Å². The summed E-state index contributed by atoms with van der Waals surface area (Å²) >= 11 is 0. The number of carboxylic acids is 1. The minimum atomic E-state index is -0.772. The Balaban J connectivity index is 2.04. The van der Waals surface area contributed by atoms with Gasteiger partial charge in [-0.3, -0.25) is 9.69 Å². The highest BCUT2D eigenvalue weighted by Gasteiger charge is 2.32. The van der Waals surface area contributed by atoms with Crippen LogP contribution in [0.5, 0.6) is 0 Å². The van der Waals surface area contributed by atoms with E-state index in [9.17, 15) is 4.79 Å². The van der Waals surface area contributed by atoms with Crippen molar-refractivity contribution in [1.29, 1.82) is 0 Å². The van der Waals surface area contributed by atoms with Gasteiger partial charge >= 0.3 is 5.97 Å². The van der Waals surface area contributed by atoms with Gasteiger partial charge in [0.05, 0.1) is 6.54 Å². The number of carbonyl (C=O) groups is 1. The topological polar surface area (TPSA) is 79.5 Å². The molecule has 0 aromatic carbocycles. The first kappa shape index (κ1) is 11.1. The molecule has 2 unspecified atom stereocenters. The Morgan fingerprint density at radius 3 is 3.19 bits per heavy atom. The zero-order valence-corrected chi connectivity index (χ0v) is 9.17. The predicted octanol–water partition coefficient (Wildman–Crippen LogP) is 0.755. The zero-order chi connectivity index (χ0) is 11.5. The van der Waals surface area contributed by atoms with Crippen LogP contribution < -0.4 is 0 Å². The summed E-state index contributed by atoms with van der Waals surface area (Å²) in [5.41, 5.74) is 0. The Morgan fingerprint density at radius 2 is 2.56 bits per heavy atom. The maximum absolute atomic E-state index is 11.1. The number of piperidine rings is 1. The summed E-state index contributed by atoms with van der Waals surface area (Å²) in [6.07, 6.45) is 3.03. The molecule has 0 amide bonds. The van der Waals surface area contributed by atoms with E-state index in [1.807, 2.05) is 4.90 Å². The molecule has 6 nitrogen and oxygen atoms in total. The quantitative estimate of drug-likeness (QED) is 0.817. The van der Waals surface area contributed by atoms with Gasteiger partial charge in [0, 0.05) is 0 Å². The maximum Gasteiger partial charge on any atom is 0.320 e. The Hall–Kier alpha value is -1.43. The number of nitrogens with zero attached hydrogens (tertiary/aromatic N) is 3. The number of aliphatic carboxylic acids is 1. The number of hydrogen-bond donors (Lipinski definition) is 1. The highest BCUT2D eigenvalue weighted by molar-refractivity contribution is 5.73. The summed E-state index contributed by atoms with van der Waals surface area (Å²) in [4.78, 5) is 16.9. The summed E-state index contributed by atoms with van der Waals surface area (Å²) in [5, 5.41) is 12.7. The lowest BCUT2D eigenvalue weighted by Crippen LogP contribution is -2.46. The molecule has 0 radical (unpaired) electrons. The third-order valence-electron chi connectivity index (χ3n) is 3.01. The molecule has 2 heterocycles. The molecule has 88 valence electrons. The van der Waals surface area contributed by atoms with Crippen molar-refractivity contribution in [2.75, 3.05) is 6.54 Å². The van der Waals surface area contributed by atoms with Crippen LogP contribution in [0.1, 0.15) is 25.7 Å². The largest absolute Gasteiger partial charge is 0.480 e. The van der Waals surface area contributed by atoms with Crippen LogP contribution in [0.4, 0.5) is 0 Å². The molecular weight excluding hydrogens is 210 g/mol. The fraction of sp³-hybridized carbons (Fsp3) is 0.700. The van der Waals surface area contributed by atoms with Gasteiger partial charge in [0.1, 0.15) is 6.04 Å². The molecule has 0 spiro atoms. The fourth-order valence-corrected chi connectivity index (χ4v) is 2.08. The van der Waals surface area contributed by atoms with Crippen molar-refractivity contribution in [2.24, 2.45) is 5.92 Å². The molecule has 0 aliphatic carbocycles. The highest BCUT2D eigenvalue weighted by atomic mass is 16.5. The minimum Gasteiger partial charge on any atom is -0.480 e. The SMILES string of the molecule is CC1CCN(Cc2ncno2)C(C(=O)O)C1. The van der Waals surface area contributed by atoms with Gasteiger partial charge in [-0.2, -0.15) is 4.98 Å². The Labute approximate surface area is 93.2 Å². The van der Waals surface area contributed by atoms with Crippen LogP contribution in [0.15, 0.2) is 10.9 Å². The minimum absolute atomic E-state index is 0.420. The first-order valence-corrected chi connectivity index (χ1v) is 5.39. The van der Waals surface area contributed by atoms with Gasteiger partial charge in [0.2, 0.25) is 5.89 Å². The van der Waals surface area contributed by atoms with Crippen LogP contribution in [-0.2, 0) is 11.3 Å². The van der Waals surface area contributed by atoms with Crippen LogP contribution in [-0.4, -0.2) is 38.7 Å². The third kappa shape index (κ3) is 2.38. The van der Waals surface area contributed by atoms with Crippen molar-refractivity contribution >= 4 is 5.97 Å². The van der Waals surface area contributed by atoms with Crippen molar-refractivity contribution < 1.29 is 14.4 Å². The highest BCUT2D eigenvalue weighted by Crippen LogP contribution is 2.23. The number of aromatic nitrogens is 2. The van der Waals surface area contributed by atoms with E-state index >= 15 is 0 Å². The van der Waals surface area contributed by atoms with Gasteiger partial charge in [-0.25, -0.2) is 0 Å². The summed E-state index contributed by atoms with van der Waals surface area (Å²) in [5.74, 6) is 0.159. The van der Waals surface area contributed by atoms with Crippen LogP contribution in [0, 0.1) is 5.92 Å². The molecule has 6 heteroatoms. The van der Waals surface area contributed by atoms with E-state index in [1.165, 1.54) is 6.33 Å². The molecule has 2 rings (SSSR count). The van der Waals surface area contributed by atoms with Gasteiger partial charge in [0.25, 0.3) is 0 Å². The van der Waals surface area contributed by atoms with Gasteiger partial charge in [-0.1, -0.05) is 12.1 Å². The number of likely N-dealkylation sites (tertiary alicyclic amines) is 1. The lowest BCUT2D eigenvalue weighted by atomic mass is 9.92. The van der Waals surface area contributed by atoms with Gasteiger partial charge in [-0.05, 0) is 25.3 Å². The van der Waals surface area contributed by atoms with E-state index < -0.39 is 12.0 Å². The lowest BCUT2D eigenvalue weighted by molar-refractivity contribution is -0.145. The Kier molecular flexibility index (Phi) is 3.19. The predicted molar refractivity (Wildman–Crippen MR) is 54.5 cm³/mol. The molecule has 0 bridgehead atoms. The average Bonchev–Trinajstić information content (AvgIpc) is 2.73. The normalized spacial score (nSPS) is 26.8. The molecule has 1 saturated heterocycles. The van der Waals surface area contributed by atoms with Gasteiger partial charge in [0.15, 0.2) is 6.33 Å². The lowest BCUT2D eigenvalue weighted by Gasteiger charge is -2.34. The molecule has 2 atom stereocenters. The molecule has 1 aromatic heterocycles. The van der Waals surface area contributed by atoms with Crippen LogP contribution in [0.3, 0.4) is 0 Å². The molecule has 16 heavy (non-hydrogen) atoms. The van der Waals surface area contributed by atoms with E-state index in [1.54, 1.807) is 0 Å². The van der Waals surface area contributed by atoms with Gasteiger partial charge < -0.3 is 9.63 Å². The number of hydrogen-bond acceptors (Lipinski definition) is 5. The fourth-order valence-electron chi connectivity index (χ4n) is 2.08. The first-order chi connectivity index (χ1) is 7.66. The van der Waals surface area contributed by atoms with Crippen LogP contribution in [0.25, 0.3) is 0 Å². The van der Waals surface area contributed by atoms with Crippen molar-refractivity contribution in [2.45, 2.75) is 32.4 Å². The van der Waals surface area contributed by atoms with E-state index in [2.05, 4.69) is 17.1 Å². The Bertz CT molecular complexity index is 352. The van der Waals surface area contributed by atoms with Gasteiger partial charge in [-0.15, -0.1) is 0 Å². The Morgan fingerprint density at radius 1 is 1.75 bits per heavy atom. The molecule has 1 aliphatic rings. The monoisotopic (exact) mass is 225 g/mol. The first-order valence-electron chi connectivity index (χ1n) is 5.39. The zero-order valence-electron chi connectivity index (χ0n) is 9.17. The molecule has 0 saturated carbocycles. The van der Waals surface area contributed by atoms with Crippen molar-refractivity contribution in [3.8, 4) is 0 Å². The average molecular weight is 225 g/mol. The van der Waals surface area contributed by atoms with Crippen LogP contribution >= 0.6 is 0 Å². The molecular formula is C10H15N3O3. The molecule has 1 aromatic rings. The second kappa shape index (κ2) is 4.61. The molecule has 1 N–H and O–H groups in total. The smallest absolute Gasteiger partial charge is 0.320 e. The van der Waals surface area contributed by atoms with E-state index in [4.69, 9.17) is 9.63 Å². The summed E-state index contributed by atoms with van der Waals surface area (Å²) in [6, 6.07) is -0.435. The standard InChI is InChI=1S/C10H15N3O3/c1-7-2-3-13(8(4-7)10(14)15)5-9-11-6-12-16-9/h6-8H,2-5H2,1H3,(H,14,15). The second-order valence-corrected chi connectivity index (χ2v) is 4.29. The van der Waals surface area contributed by atoms with Crippen molar-refractivity contribution in [3.63, 3.8) is 0 Å². The van der Waals surface area contributed by atoms with E-state index in [0.717, 1.165) is 13.0 Å². The van der Waals surface area contributed by atoms with Crippen molar-refractivity contribution in [3.05, 3.63) is 12.2 Å². The maximum atomic E-state index is 11.1. The summed E-state index contributed by atoms with van der Waals surface area (Å²) in [7, 11) is 0. The second-order valence-electron chi connectivity index (χ2n) is 4.29. The molecule has 1 fully saturated rings. The van der Waals surface area contributed by atoms with Crippen molar-refractivity contribution in [1.82, 2.24) is 15.0 Å². The number of carboxylic acid groups (broad SMARTS) is 1. The summed E-state index contributed by atoms with van der Waals surface area (Å²) < 4.78 is 4.90. The van der Waals surface area contributed by atoms with E-state index in [-0.39, 0.29) is 0 Å². The summed E-state index contributed by atoms with van der Waals surface area (Å²) in [6.45, 7) is 3.27.